The summed E-state index contributed by atoms with van der Waals surface area (Å²) in [6, 6.07) is 0.549. The maximum atomic E-state index is 11.7. The molecular formula is C13H24N2O2. The van der Waals surface area contributed by atoms with Crippen LogP contribution in [0.1, 0.15) is 38.5 Å². The molecule has 0 aromatic rings. The van der Waals surface area contributed by atoms with Gasteiger partial charge in [-0.1, -0.05) is 0 Å². The molecule has 0 spiro atoms. The molecule has 1 heterocycles. The van der Waals surface area contributed by atoms with Gasteiger partial charge in [0.25, 0.3) is 0 Å². The monoisotopic (exact) mass is 240 g/mol. The van der Waals surface area contributed by atoms with Crippen LogP contribution in [0.15, 0.2) is 0 Å². The van der Waals surface area contributed by atoms with Gasteiger partial charge in [0.15, 0.2) is 0 Å². The Morgan fingerprint density at radius 3 is 2.82 bits per heavy atom. The fourth-order valence-corrected chi connectivity index (χ4v) is 2.60. The summed E-state index contributed by atoms with van der Waals surface area (Å²) in [4.78, 5) is 11.7. The van der Waals surface area contributed by atoms with E-state index in [0.717, 1.165) is 38.8 Å². The topological polar surface area (TPSA) is 50.4 Å². The zero-order valence-electron chi connectivity index (χ0n) is 10.7. The second-order valence-corrected chi connectivity index (χ2v) is 5.22. The second-order valence-electron chi connectivity index (χ2n) is 5.22. The molecule has 1 saturated heterocycles. The summed E-state index contributed by atoms with van der Waals surface area (Å²) in [5, 5.41) is 6.22. The molecule has 1 aliphatic heterocycles. The molecule has 1 atom stereocenters. The first-order valence-electron chi connectivity index (χ1n) is 6.86. The van der Waals surface area contributed by atoms with Crippen molar-refractivity contribution < 1.29 is 9.53 Å². The van der Waals surface area contributed by atoms with Gasteiger partial charge in [-0.05, 0) is 45.6 Å². The van der Waals surface area contributed by atoms with Crippen molar-refractivity contribution >= 4 is 5.91 Å². The van der Waals surface area contributed by atoms with Crippen molar-refractivity contribution in [3.05, 3.63) is 0 Å². The Labute approximate surface area is 103 Å². The predicted octanol–water partition coefficient (Wildman–Crippen LogP) is 1.06. The summed E-state index contributed by atoms with van der Waals surface area (Å²) in [5.74, 6) is 0.465. The SMILES string of the molecule is CNC1CC(C(=O)NCCC2CCCCO2)C1. The third-order valence-electron chi connectivity index (χ3n) is 3.96. The van der Waals surface area contributed by atoms with Gasteiger partial charge in [0.1, 0.15) is 0 Å². The minimum absolute atomic E-state index is 0.229. The maximum Gasteiger partial charge on any atom is 0.223 e. The van der Waals surface area contributed by atoms with Gasteiger partial charge in [-0.3, -0.25) is 4.79 Å². The summed E-state index contributed by atoms with van der Waals surface area (Å²) >= 11 is 0. The fraction of sp³-hybridized carbons (Fsp3) is 0.923. The molecule has 1 aliphatic carbocycles. The van der Waals surface area contributed by atoms with Gasteiger partial charge in [0.05, 0.1) is 6.10 Å². The third kappa shape index (κ3) is 3.68. The Balaban J connectivity index is 1.54. The number of rotatable bonds is 5. The second kappa shape index (κ2) is 6.36. The van der Waals surface area contributed by atoms with E-state index in [4.69, 9.17) is 4.74 Å². The highest BCUT2D eigenvalue weighted by Crippen LogP contribution is 2.27. The van der Waals surface area contributed by atoms with Crippen LogP contribution in [0, 0.1) is 5.92 Å². The lowest BCUT2D eigenvalue weighted by molar-refractivity contribution is -0.128. The van der Waals surface area contributed by atoms with Crippen molar-refractivity contribution in [2.24, 2.45) is 5.92 Å². The maximum absolute atomic E-state index is 11.7. The highest BCUT2D eigenvalue weighted by atomic mass is 16.5. The van der Waals surface area contributed by atoms with Crippen molar-refractivity contribution in [3.63, 3.8) is 0 Å². The number of ether oxygens (including phenoxy) is 1. The van der Waals surface area contributed by atoms with E-state index in [-0.39, 0.29) is 11.8 Å². The number of hydrogen-bond donors (Lipinski definition) is 2. The van der Waals surface area contributed by atoms with Gasteiger partial charge in [-0.25, -0.2) is 0 Å². The van der Waals surface area contributed by atoms with Crippen LogP contribution in [0.4, 0.5) is 0 Å². The zero-order chi connectivity index (χ0) is 12.1. The summed E-state index contributed by atoms with van der Waals surface area (Å²) in [7, 11) is 1.96. The Kier molecular flexibility index (Phi) is 4.80. The molecule has 0 bridgehead atoms. The highest BCUT2D eigenvalue weighted by Gasteiger charge is 2.33. The summed E-state index contributed by atoms with van der Waals surface area (Å²) < 4.78 is 5.63. The molecule has 4 heteroatoms. The average Bonchev–Trinajstić information content (AvgIpc) is 2.29. The van der Waals surface area contributed by atoms with E-state index >= 15 is 0 Å². The molecule has 4 nitrogen and oxygen atoms in total. The molecule has 17 heavy (non-hydrogen) atoms. The van der Waals surface area contributed by atoms with Crippen LogP contribution in [-0.4, -0.2) is 38.3 Å². The average molecular weight is 240 g/mol. The van der Waals surface area contributed by atoms with E-state index in [1.165, 1.54) is 12.8 Å². The van der Waals surface area contributed by atoms with Gasteiger partial charge in [-0.2, -0.15) is 0 Å². The van der Waals surface area contributed by atoms with E-state index < -0.39 is 0 Å². The Morgan fingerprint density at radius 1 is 1.35 bits per heavy atom. The van der Waals surface area contributed by atoms with E-state index in [2.05, 4.69) is 10.6 Å². The molecular weight excluding hydrogens is 216 g/mol. The largest absolute Gasteiger partial charge is 0.378 e. The summed E-state index contributed by atoms with van der Waals surface area (Å²) in [6.07, 6.45) is 6.93. The quantitative estimate of drug-likeness (QED) is 0.755. The van der Waals surface area contributed by atoms with Gasteiger partial charge >= 0.3 is 0 Å². The lowest BCUT2D eigenvalue weighted by Gasteiger charge is -2.34. The molecule has 0 radical (unpaired) electrons. The molecule has 2 rings (SSSR count). The van der Waals surface area contributed by atoms with E-state index in [1.54, 1.807) is 0 Å². The van der Waals surface area contributed by atoms with Crippen molar-refractivity contribution in [3.8, 4) is 0 Å². The molecule has 2 aliphatic rings. The fourth-order valence-electron chi connectivity index (χ4n) is 2.60. The standard InChI is InChI=1S/C13H24N2O2/c1-14-11-8-10(9-11)13(16)15-6-5-12-4-2-3-7-17-12/h10-12,14H,2-9H2,1H3,(H,15,16). The van der Waals surface area contributed by atoms with E-state index in [9.17, 15) is 4.79 Å². The molecule has 1 saturated carbocycles. The predicted molar refractivity (Wildman–Crippen MR) is 66.8 cm³/mol. The van der Waals surface area contributed by atoms with Crippen LogP contribution < -0.4 is 10.6 Å². The first-order valence-corrected chi connectivity index (χ1v) is 6.86. The van der Waals surface area contributed by atoms with Gasteiger partial charge in [-0.15, -0.1) is 0 Å². The highest BCUT2D eigenvalue weighted by molar-refractivity contribution is 5.79. The molecule has 1 amide bonds. The van der Waals surface area contributed by atoms with Crippen molar-refractivity contribution in [1.29, 1.82) is 0 Å². The number of carbonyl (C=O) groups excluding carboxylic acids is 1. The van der Waals surface area contributed by atoms with Crippen LogP contribution in [0.2, 0.25) is 0 Å². The van der Waals surface area contributed by atoms with Crippen molar-refractivity contribution in [2.75, 3.05) is 20.2 Å². The van der Waals surface area contributed by atoms with Gasteiger partial charge in [0.2, 0.25) is 5.91 Å². The van der Waals surface area contributed by atoms with Crippen LogP contribution in [0.5, 0.6) is 0 Å². The zero-order valence-corrected chi connectivity index (χ0v) is 10.7. The van der Waals surface area contributed by atoms with E-state index in [0.29, 0.717) is 12.1 Å². The first kappa shape index (κ1) is 12.8. The minimum atomic E-state index is 0.229. The first-order chi connectivity index (χ1) is 8.29. The number of nitrogens with one attached hydrogen (secondary N) is 2. The van der Waals surface area contributed by atoms with Gasteiger partial charge < -0.3 is 15.4 Å². The minimum Gasteiger partial charge on any atom is -0.378 e. The Hall–Kier alpha value is -0.610. The Bertz CT molecular complexity index is 246. The lowest BCUT2D eigenvalue weighted by atomic mass is 9.80. The smallest absolute Gasteiger partial charge is 0.223 e. The molecule has 2 fully saturated rings. The number of hydrogen-bond acceptors (Lipinski definition) is 3. The molecule has 98 valence electrons. The molecule has 1 unspecified atom stereocenters. The van der Waals surface area contributed by atoms with Crippen LogP contribution in [-0.2, 0) is 9.53 Å². The third-order valence-corrected chi connectivity index (χ3v) is 3.96. The van der Waals surface area contributed by atoms with Crippen LogP contribution in [0.3, 0.4) is 0 Å². The number of carbonyl (C=O) groups is 1. The van der Waals surface area contributed by atoms with E-state index in [1.807, 2.05) is 7.05 Å². The molecule has 2 N–H and O–H groups in total. The Morgan fingerprint density at radius 2 is 2.18 bits per heavy atom. The normalized spacial score (nSPS) is 32.9. The van der Waals surface area contributed by atoms with Crippen LogP contribution in [0.25, 0.3) is 0 Å². The van der Waals surface area contributed by atoms with Crippen molar-refractivity contribution in [2.45, 2.75) is 50.7 Å². The molecule has 0 aromatic heterocycles. The lowest BCUT2D eigenvalue weighted by Crippen LogP contribution is -2.46. The number of amides is 1. The summed E-state index contributed by atoms with van der Waals surface area (Å²) in [5.41, 5.74) is 0. The van der Waals surface area contributed by atoms with Crippen molar-refractivity contribution in [1.82, 2.24) is 10.6 Å². The van der Waals surface area contributed by atoms with Gasteiger partial charge in [0, 0.05) is 25.1 Å². The van der Waals surface area contributed by atoms with Crippen LogP contribution >= 0.6 is 0 Å². The molecule has 0 aromatic carbocycles. The summed E-state index contributed by atoms with van der Waals surface area (Å²) in [6.45, 7) is 1.66.